The van der Waals surface area contributed by atoms with Crippen LogP contribution in [0.2, 0.25) is 0 Å². The summed E-state index contributed by atoms with van der Waals surface area (Å²) in [5.41, 5.74) is -0.374. The van der Waals surface area contributed by atoms with Crippen molar-refractivity contribution in [1.29, 1.82) is 0 Å². The molecule has 1 heterocycles. The molecule has 2 N–H and O–H groups in total. The number of nitrogens with one attached hydrogen (secondary N) is 2. The van der Waals surface area contributed by atoms with Gasteiger partial charge in [-0.1, -0.05) is 6.07 Å². The maximum Gasteiger partial charge on any atom is 0.263 e. The molecule has 92 valence electrons. The Morgan fingerprint density at radius 2 is 2.22 bits per heavy atom. The molecule has 1 aromatic heterocycles. The van der Waals surface area contributed by atoms with Crippen LogP contribution in [-0.4, -0.2) is 15.9 Å². The van der Waals surface area contributed by atoms with E-state index in [1.165, 1.54) is 24.4 Å². The number of H-pyrrole nitrogens is 1. The molecule has 0 aliphatic rings. The van der Waals surface area contributed by atoms with Crippen LogP contribution in [0.15, 0.2) is 35.3 Å². The van der Waals surface area contributed by atoms with Crippen LogP contribution in [0.5, 0.6) is 0 Å². The molecule has 0 fully saturated rings. The number of aromatic amines is 1. The fourth-order valence-electron chi connectivity index (χ4n) is 1.41. The molecule has 2 rings (SSSR count). The maximum atomic E-state index is 12.9. The lowest BCUT2D eigenvalue weighted by atomic mass is 10.2. The molecule has 0 aliphatic heterocycles. The minimum atomic E-state index is -0.630. The number of hydrogen-bond acceptors (Lipinski definition) is 3. The number of aryl methyl sites for hydroxylation is 1. The van der Waals surface area contributed by atoms with Gasteiger partial charge in [-0.15, -0.1) is 0 Å². The zero-order valence-corrected chi connectivity index (χ0v) is 9.53. The number of benzene rings is 1. The molecule has 6 heteroatoms. The van der Waals surface area contributed by atoms with E-state index in [-0.39, 0.29) is 11.3 Å². The standard InChI is InChI=1S/C12H10FN3O2/c1-7-14-6-10(11(17)15-7)12(18)16-9-4-2-3-8(13)5-9/h2-6H,1H3,(H,16,18)(H,14,15,17). The van der Waals surface area contributed by atoms with E-state index in [9.17, 15) is 14.0 Å². The molecule has 1 amide bonds. The van der Waals surface area contributed by atoms with E-state index in [2.05, 4.69) is 15.3 Å². The Morgan fingerprint density at radius 1 is 1.44 bits per heavy atom. The topological polar surface area (TPSA) is 74.8 Å². The number of amides is 1. The van der Waals surface area contributed by atoms with E-state index >= 15 is 0 Å². The Hall–Kier alpha value is -2.50. The highest BCUT2D eigenvalue weighted by Gasteiger charge is 2.11. The summed E-state index contributed by atoms with van der Waals surface area (Å²) in [6, 6.07) is 5.41. The molecule has 0 spiro atoms. The van der Waals surface area contributed by atoms with Crippen molar-refractivity contribution in [2.75, 3.05) is 5.32 Å². The normalized spacial score (nSPS) is 10.1. The molecule has 5 nitrogen and oxygen atoms in total. The van der Waals surface area contributed by atoms with E-state index in [1.807, 2.05) is 0 Å². The zero-order valence-electron chi connectivity index (χ0n) is 9.53. The quantitative estimate of drug-likeness (QED) is 0.843. The van der Waals surface area contributed by atoms with Gasteiger partial charge in [-0.2, -0.15) is 0 Å². The van der Waals surface area contributed by atoms with Crippen molar-refractivity contribution in [3.8, 4) is 0 Å². The highest BCUT2D eigenvalue weighted by Crippen LogP contribution is 2.09. The number of anilines is 1. The fourth-order valence-corrected chi connectivity index (χ4v) is 1.41. The molecule has 0 bridgehead atoms. The third-order valence-electron chi connectivity index (χ3n) is 2.25. The summed E-state index contributed by atoms with van der Waals surface area (Å²) in [6.07, 6.45) is 1.18. The van der Waals surface area contributed by atoms with Crippen LogP contribution < -0.4 is 10.9 Å². The first-order valence-electron chi connectivity index (χ1n) is 5.19. The molecular formula is C12H10FN3O2. The van der Waals surface area contributed by atoms with E-state index in [1.54, 1.807) is 6.92 Å². The Balaban J connectivity index is 2.25. The van der Waals surface area contributed by atoms with Gasteiger partial charge >= 0.3 is 0 Å². The molecule has 0 saturated heterocycles. The number of rotatable bonds is 2. The van der Waals surface area contributed by atoms with Crippen LogP contribution >= 0.6 is 0 Å². The van der Waals surface area contributed by atoms with Gasteiger partial charge in [-0.05, 0) is 25.1 Å². The van der Waals surface area contributed by atoms with Crippen molar-refractivity contribution in [2.45, 2.75) is 6.92 Å². The van der Waals surface area contributed by atoms with E-state index in [0.29, 0.717) is 5.82 Å². The van der Waals surface area contributed by atoms with Gasteiger partial charge in [0.05, 0.1) is 0 Å². The predicted molar refractivity (Wildman–Crippen MR) is 63.9 cm³/mol. The third-order valence-corrected chi connectivity index (χ3v) is 2.25. The average molecular weight is 247 g/mol. The van der Waals surface area contributed by atoms with Crippen LogP contribution in [0.3, 0.4) is 0 Å². The van der Waals surface area contributed by atoms with Gasteiger partial charge < -0.3 is 10.3 Å². The smallest absolute Gasteiger partial charge is 0.263 e. The van der Waals surface area contributed by atoms with Crippen molar-refractivity contribution in [1.82, 2.24) is 9.97 Å². The number of carbonyl (C=O) groups is 1. The second-order valence-electron chi connectivity index (χ2n) is 3.68. The van der Waals surface area contributed by atoms with E-state index < -0.39 is 17.3 Å². The number of aromatic nitrogens is 2. The third kappa shape index (κ3) is 2.60. The van der Waals surface area contributed by atoms with Crippen molar-refractivity contribution in [3.63, 3.8) is 0 Å². The van der Waals surface area contributed by atoms with Gasteiger partial charge in [-0.25, -0.2) is 9.37 Å². The lowest BCUT2D eigenvalue weighted by Gasteiger charge is -2.04. The monoisotopic (exact) mass is 247 g/mol. The van der Waals surface area contributed by atoms with Crippen LogP contribution in [0.4, 0.5) is 10.1 Å². The summed E-state index contributed by atoms with van der Waals surface area (Å²) in [6.45, 7) is 1.61. The minimum Gasteiger partial charge on any atom is -0.322 e. The van der Waals surface area contributed by atoms with Crippen LogP contribution in [-0.2, 0) is 0 Å². The lowest BCUT2D eigenvalue weighted by molar-refractivity contribution is 0.102. The van der Waals surface area contributed by atoms with Gasteiger partial charge in [0.15, 0.2) is 0 Å². The van der Waals surface area contributed by atoms with Gasteiger partial charge in [-0.3, -0.25) is 9.59 Å². The summed E-state index contributed by atoms with van der Waals surface area (Å²) >= 11 is 0. The number of halogens is 1. The largest absolute Gasteiger partial charge is 0.322 e. The van der Waals surface area contributed by atoms with E-state index in [0.717, 1.165) is 6.07 Å². The number of carbonyl (C=O) groups excluding carboxylic acids is 1. The summed E-state index contributed by atoms with van der Waals surface area (Å²) < 4.78 is 12.9. The molecule has 1 aromatic carbocycles. The summed E-state index contributed by atoms with van der Waals surface area (Å²) in [5, 5.41) is 2.42. The number of hydrogen-bond donors (Lipinski definition) is 2. The molecule has 0 aliphatic carbocycles. The Kier molecular flexibility index (Phi) is 3.18. The van der Waals surface area contributed by atoms with Crippen LogP contribution in [0.25, 0.3) is 0 Å². The Morgan fingerprint density at radius 3 is 2.89 bits per heavy atom. The van der Waals surface area contributed by atoms with Gasteiger partial charge in [0.25, 0.3) is 11.5 Å². The summed E-state index contributed by atoms with van der Waals surface area (Å²) in [7, 11) is 0. The minimum absolute atomic E-state index is 0.120. The van der Waals surface area contributed by atoms with Crippen molar-refractivity contribution in [2.24, 2.45) is 0 Å². The Bertz CT molecular complexity index is 652. The van der Waals surface area contributed by atoms with Crippen molar-refractivity contribution in [3.05, 3.63) is 58.0 Å². The highest BCUT2D eigenvalue weighted by atomic mass is 19.1. The summed E-state index contributed by atoms with van der Waals surface area (Å²) in [4.78, 5) is 29.5. The molecule has 18 heavy (non-hydrogen) atoms. The first kappa shape index (κ1) is 12.0. The van der Waals surface area contributed by atoms with Crippen LogP contribution in [0, 0.1) is 12.7 Å². The van der Waals surface area contributed by atoms with E-state index in [4.69, 9.17) is 0 Å². The highest BCUT2D eigenvalue weighted by molar-refractivity contribution is 6.03. The predicted octanol–water partition coefficient (Wildman–Crippen LogP) is 1.47. The lowest BCUT2D eigenvalue weighted by Crippen LogP contribution is -2.24. The average Bonchev–Trinajstić information content (AvgIpc) is 2.28. The molecule has 2 aromatic rings. The molecule has 0 saturated carbocycles. The van der Waals surface area contributed by atoms with Crippen molar-refractivity contribution < 1.29 is 9.18 Å². The molecule has 0 radical (unpaired) electrons. The zero-order chi connectivity index (χ0) is 13.1. The molecule has 0 atom stereocenters. The summed E-state index contributed by atoms with van der Waals surface area (Å²) in [5.74, 6) is -0.680. The number of nitrogens with zero attached hydrogens (tertiary/aromatic N) is 1. The first-order chi connectivity index (χ1) is 8.56. The van der Waals surface area contributed by atoms with Gasteiger partial charge in [0, 0.05) is 11.9 Å². The Labute approximate surface area is 102 Å². The van der Waals surface area contributed by atoms with Gasteiger partial charge in [0.1, 0.15) is 17.2 Å². The van der Waals surface area contributed by atoms with Gasteiger partial charge in [0.2, 0.25) is 0 Å². The molecule has 0 unspecified atom stereocenters. The maximum absolute atomic E-state index is 12.9. The second kappa shape index (κ2) is 4.79. The van der Waals surface area contributed by atoms with Crippen LogP contribution in [0.1, 0.15) is 16.2 Å². The molecular weight excluding hydrogens is 237 g/mol. The SMILES string of the molecule is Cc1ncc(C(=O)Nc2cccc(F)c2)c(=O)[nH]1. The first-order valence-corrected chi connectivity index (χ1v) is 5.19. The second-order valence-corrected chi connectivity index (χ2v) is 3.68. The van der Waals surface area contributed by atoms with Crippen molar-refractivity contribution >= 4 is 11.6 Å². The fraction of sp³-hybridized carbons (Fsp3) is 0.0833.